The Morgan fingerprint density at radius 3 is 2.48 bits per heavy atom. The third-order valence-electron chi connectivity index (χ3n) is 3.13. The molecule has 0 aromatic carbocycles. The van der Waals surface area contributed by atoms with Gasteiger partial charge in [0, 0.05) is 0 Å². The smallest absolute Gasteiger partial charge is 0.714 e. The molecule has 0 saturated carbocycles. The number of ether oxygens (including phenoxy) is 1. The van der Waals surface area contributed by atoms with Crippen molar-refractivity contribution < 1.29 is 93.8 Å². The van der Waals surface area contributed by atoms with E-state index in [0.717, 1.165) is 11.8 Å². The minimum Gasteiger partial charge on any atom is -0.714 e. The fourth-order valence-electron chi connectivity index (χ4n) is 1.91. The maximum atomic E-state index is 10.5. The molecule has 13 heteroatoms. The molecule has 25 heavy (non-hydrogen) atoms. The molecule has 140 valence electrons. The van der Waals surface area contributed by atoms with Crippen molar-refractivity contribution >= 4 is 27.2 Å². The van der Waals surface area contributed by atoms with Crippen LogP contribution in [-0.4, -0.2) is 74.9 Å². The van der Waals surface area contributed by atoms with Crippen molar-refractivity contribution in [2.75, 3.05) is 6.61 Å². The summed E-state index contributed by atoms with van der Waals surface area (Å²) in [5, 5.41) is 41.8. The fraction of sp³-hybridized carbons (Fsp3) is 0.750. The topological polar surface area (TPSA) is 169 Å². The summed E-state index contributed by atoms with van der Waals surface area (Å²) in [6.07, 6.45) is -2.82. The average Bonchev–Trinajstić information content (AvgIpc) is 2.52. The van der Waals surface area contributed by atoms with Gasteiger partial charge in [-0.1, -0.05) is 23.0 Å². The fourth-order valence-corrected chi connectivity index (χ4v) is 3.25. The van der Waals surface area contributed by atoms with Gasteiger partial charge in [-0.15, -0.1) is 6.58 Å². The monoisotopic (exact) mass is 425 g/mol. The Bertz CT molecular complexity index is 543. The summed E-state index contributed by atoms with van der Waals surface area (Å²) >= 11 is 0.723. The van der Waals surface area contributed by atoms with Crippen LogP contribution >= 0.6 is 11.8 Å². The number of unbranched alkanes of at least 4 members (excludes halogenated alkanes) is 1. The minimum absolute atomic E-state index is 0. The molecule has 1 aliphatic heterocycles. The van der Waals surface area contributed by atoms with E-state index in [1.165, 1.54) is 0 Å². The van der Waals surface area contributed by atoms with Crippen LogP contribution in [0.2, 0.25) is 0 Å². The molecule has 4 N–H and O–H groups in total. The van der Waals surface area contributed by atoms with Gasteiger partial charge in [-0.2, -0.15) is 8.42 Å². The molecule has 5 atom stereocenters. The number of oxime groups is 1. The summed E-state index contributed by atoms with van der Waals surface area (Å²) in [4.78, 5) is 0. The first-order chi connectivity index (χ1) is 11.2. The number of hydrogen-bond acceptors (Lipinski definition) is 11. The van der Waals surface area contributed by atoms with Crippen molar-refractivity contribution in [1.82, 2.24) is 0 Å². The molecule has 0 aliphatic carbocycles. The van der Waals surface area contributed by atoms with Crippen LogP contribution in [0, 0.1) is 0 Å². The maximum Gasteiger partial charge on any atom is 1.00 e. The van der Waals surface area contributed by atoms with E-state index in [4.69, 9.17) is 9.84 Å². The van der Waals surface area contributed by atoms with Gasteiger partial charge in [0.25, 0.3) is 10.4 Å². The molecule has 1 fully saturated rings. The first-order valence-electron chi connectivity index (χ1n) is 6.99. The van der Waals surface area contributed by atoms with Crippen molar-refractivity contribution in [3.8, 4) is 0 Å². The summed E-state index contributed by atoms with van der Waals surface area (Å²) in [6.45, 7) is 2.93. The van der Waals surface area contributed by atoms with Gasteiger partial charge in [0.15, 0.2) is 0 Å². The summed E-state index contributed by atoms with van der Waals surface area (Å²) in [7, 11) is -5.04. The Morgan fingerprint density at radius 2 is 1.96 bits per heavy atom. The number of allylic oxidation sites excluding steroid dienone is 1. The number of rotatable bonds is 8. The van der Waals surface area contributed by atoms with E-state index >= 15 is 0 Å². The van der Waals surface area contributed by atoms with E-state index in [1.807, 2.05) is 0 Å². The van der Waals surface area contributed by atoms with Gasteiger partial charge < -0.3 is 29.7 Å². The van der Waals surface area contributed by atoms with Crippen molar-refractivity contribution in [3.05, 3.63) is 12.7 Å². The predicted octanol–water partition coefficient (Wildman–Crippen LogP) is -4.33. The van der Waals surface area contributed by atoms with Crippen molar-refractivity contribution in [3.63, 3.8) is 0 Å². The van der Waals surface area contributed by atoms with Crippen LogP contribution in [0.1, 0.15) is 19.3 Å². The first kappa shape index (κ1) is 25.9. The van der Waals surface area contributed by atoms with E-state index < -0.39 is 46.9 Å². The normalized spacial score (nSPS) is 30.4. The summed E-state index contributed by atoms with van der Waals surface area (Å²) in [6, 6.07) is 0. The molecule has 1 heterocycles. The standard InChI is InChI=1S/C12H21NO9S2.K/c1-2-3-4-5-8(13-22-24(18,19)20)23-12-11(17)10(16)9(15)7(6-14)21-12;/h2,7,9-12,14-17H,1,3-6H2,(H,18,19,20);/q;+1/p-1/b13-8+;/t7-,9-,10+,11-,12+;/m1./s1. The Labute approximate surface area is 192 Å². The molecule has 0 aromatic heterocycles. The Balaban J connectivity index is 0.00000576. The van der Waals surface area contributed by atoms with Crippen LogP contribution in [0.4, 0.5) is 0 Å². The predicted molar refractivity (Wildman–Crippen MR) is 83.6 cm³/mol. The van der Waals surface area contributed by atoms with Gasteiger partial charge in [0.1, 0.15) is 34.9 Å². The van der Waals surface area contributed by atoms with Gasteiger partial charge >= 0.3 is 51.4 Å². The molecular weight excluding hydrogens is 405 g/mol. The second-order valence-corrected chi connectivity index (χ2v) is 7.10. The van der Waals surface area contributed by atoms with Crippen LogP contribution < -0.4 is 51.4 Å². The van der Waals surface area contributed by atoms with Crippen LogP contribution in [0.15, 0.2) is 17.8 Å². The van der Waals surface area contributed by atoms with Gasteiger partial charge in [-0.05, 0) is 19.3 Å². The number of aliphatic hydroxyl groups is 4. The zero-order chi connectivity index (χ0) is 18.3. The van der Waals surface area contributed by atoms with Gasteiger partial charge in [0.2, 0.25) is 0 Å². The van der Waals surface area contributed by atoms with Crippen LogP contribution in [0.25, 0.3) is 0 Å². The molecule has 0 spiro atoms. The second kappa shape index (κ2) is 12.4. The van der Waals surface area contributed by atoms with Crippen molar-refractivity contribution in [2.24, 2.45) is 5.16 Å². The Hall–Kier alpha value is 0.906. The number of aliphatic hydroxyl groups excluding tert-OH is 4. The second-order valence-electron chi connectivity index (χ2n) is 4.96. The summed E-state index contributed by atoms with van der Waals surface area (Å²) in [5.74, 6) is 0. The largest absolute Gasteiger partial charge is 1.00 e. The van der Waals surface area contributed by atoms with E-state index in [0.29, 0.717) is 12.8 Å². The molecule has 0 bridgehead atoms. The molecule has 10 nitrogen and oxygen atoms in total. The molecular formula is C12H20KNO9S2. The van der Waals surface area contributed by atoms with Crippen molar-refractivity contribution in [1.29, 1.82) is 0 Å². The zero-order valence-corrected chi connectivity index (χ0v) is 18.3. The van der Waals surface area contributed by atoms with E-state index in [9.17, 15) is 28.3 Å². The molecule has 0 radical (unpaired) electrons. The Kier molecular flexibility index (Phi) is 12.8. The van der Waals surface area contributed by atoms with Crippen molar-refractivity contribution in [2.45, 2.75) is 49.1 Å². The van der Waals surface area contributed by atoms with Crippen LogP contribution in [0.5, 0.6) is 0 Å². The molecule has 0 unspecified atom stereocenters. The van der Waals surface area contributed by atoms with Gasteiger partial charge in [-0.25, -0.2) is 0 Å². The quantitative estimate of drug-likeness (QED) is 0.0436. The molecule has 0 aromatic rings. The Morgan fingerprint density at radius 1 is 1.32 bits per heavy atom. The van der Waals surface area contributed by atoms with E-state index in [1.54, 1.807) is 6.08 Å². The number of nitrogens with zero attached hydrogens (tertiary/aromatic N) is 1. The molecule has 1 rings (SSSR count). The SMILES string of the molecule is C=CCCC/C(=N\OS(=O)(=O)[O-])S[C@@H]1O[C@H](CO)[C@@H](O)[C@H](O)[C@H]1O.[K+]. The van der Waals surface area contributed by atoms with Crippen LogP contribution in [0.3, 0.4) is 0 Å². The van der Waals surface area contributed by atoms with E-state index in [2.05, 4.69) is 16.0 Å². The molecule has 1 saturated heterocycles. The molecule has 0 amide bonds. The summed E-state index contributed by atoms with van der Waals surface area (Å²) < 4.78 is 40.7. The molecule has 1 aliphatic rings. The minimum atomic E-state index is -5.04. The average molecular weight is 426 g/mol. The number of hydrogen-bond donors (Lipinski definition) is 4. The van der Waals surface area contributed by atoms with Gasteiger partial charge in [-0.3, -0.25) is 4.28 Å². The van der Waals surface area contributed by atoms with E-state index in [-0.39, 0.29) is 62.8 Å². The summed E-state index contributed by atoms with van der Waals surface area (Å²) in [5.41, 5.74) is -1.15. The zero-order valence-electron chi connectivity index (χ0n) is 13.6. The third kappa shape index (κ3) is 9.09. The van der Waals surface area contributed by atoms with Gasteiger partial charge in [0.05, 0.1) is 6.61 Å². The maximum absolute atomic E-state index is 10.5. The van der Waals surface area contributed by atoms with Crippen LogP contribution in [-0.2, 0) is 19.4 Å². The number of thioether (sulfide) groups is 1. The first-order valence-corrected chi connectivity index (χ1v) is 9.20. The third-order valence-corrected chi connectivity index (χ3v) is 4.56.